The van der Waals surface area contributed by atoms with Gasteiger partial charge < -0.3 is 15.2 Å². The van der Waals surface area contributed by atoms with Crippen molar-refractivity contribution in [2.24, 2.45) is 0 Å². The summed E-state index contributed by atoms with van der Waals surface area (Å²) in [4.78, 5) is 13.2. The van der Waals surface area contributed by atoms with Gasteiger partial charge in [0.1, 0.15) is 17.2 Å². The van der Waals surface area contributed by atoms with Gasteiger partial charge in [0.2, 0.25) is 0 Å². The predicted octanol–water partition coefficient (Wildman–Crippen LogP) is 4.87. The zero-order valence-corrected chi connectivity index (χ0v) is 17.4. The van der Waals surface area contributed by atoms with Crippen LogP contribution in [0.4, 0.5) is 5.69 Å². The number of methoxy groups -OCH3 is 1. The van der Waals surface area contributed by atoms with Crippen molar-refractivity contribution in [2.45, 2.75) is 13.5 Å². The monoisotopic (exact) mass is 413 g/mol. The van der Waals surface area contributed by atoms with E-state index >= 15 is 0 Å². The zero-order chi connectivity index (χ0) is 21.8. The Labute approximate surface area is 180 Å². The van der Waals surface area contributed by atoms with Crippen molar-refractivity contribution in [1.82, 2.24) is 9.78 Å². The molecule has 1 amide bonds. The summed E-state index contributed by atoms with van der Waals surface area (Å²) in [7, 11) is 1.59. The number of aryl methyl sites for hydroxylation is 1. The Morgan fingerprint density at radius 2 is 1.81 bits per heavy atom. The van der Waals surface area contributed by atoms with Crippen LogP contribution in [0.25, 0.3) is 11.3 Å². The molecule has 0 saturated carbocycles. The number of para-hydroxylation sites is 1. The van der Waals surface area contributed by atoms with Crippen molar-refractivity contribution in [2.75, 3.05) is 12.4 Å². The van der Waals surface area contributed by atoms with Gasteiger partial charge in [-0.1, -0.05) is 48.5 Å². The van der Waals surface area contributed by atoms with Crippen LogP contribution in [-0.2, 0) is 6.54 Å². The van der Waals surface area contributed by atoms with Crippen molar-refractivity contribution in [1.29, 1.82) is 0 Å². The van der Waals surface area contributed by atoms with Gasteiger partial charge >= 0.3 is 0 Å². The minimum atomic E-state index is -0.362. The van der Waals surface area contributed by atoms with Crippen LogP contribution in [0.1, 0.15) is 21.5 Å². The highest BCUT2D eigenvalue weighted by atomic mass is 16.5. The van der Waals surface area contributed by atoms with Crippen LogP contribution in [0, 0.1) is 6.92 Å². The van der Waals surface area contributed by atoms with Gasteiger partial charge in [0.25, 0.3) is 5.91 Å². The molecule has 0 aliphatic rings. The summed E-state index contributed by atoms with van der Waals surface area (Å²) in [6.45, 7) is 2.39. The lowest BCUT2D eigenvalue weighted by atomic mass is 10.1. The third kappa shape index (κ3) is 4.43. The van der Waals surface area contributed by atoms with E-state index < -0.39 is 0 Å². The lowest BCUT2D eigenvalue weighted by molar-refractivity contribution is 0.102. The quantitative estimate of drug-likeness (QED) is 0.442. The second kappa shape index (κ2) is 8.75. The smallest absolute Gasteiger partial charge is 0.259 e. The minimum absolute atomic E-state index is 0.0175. The van der Waals surface area contributed by atoms with E-state index in [0.29, 0.717) is 29.2 Å². The fourth-order valence-corrected chi connectivity index (χ4v) is 3.42. The molecule has 0 aliphatic heterocycles. The molecule has 1 aromatic heterocycles. The van der Waals surface area contributed by atoms with Gasteiger partial charge in [0.15, 0.2) is 0 Å². The molecular weight excluding hydrogens is 390 g/mol. The fourth-order valence-electron chi connectivity index (χ4n) is 3.42. The average molecular weight is 413 g/mol. The molecule has 0 atom stereocenters. The number of rotatable bonds is 6. The minimum Gasteiger partial charge on any atom is -0.506 e. The number of nitrogens with one attached hydrogen (secondary N) is 1. The van der Waals surface area contributed by atoms with Gasteiger partial charge in [-0.25, -0.2) is 0 Å². The maximum Gasteiger partial charge on any atom is 0.259 e. The molecule has 0 bridgehead atoms. The fraction of sp³-hybridized carbons (Fsp3) is 0.120. The third-order valence-electron chi connectivity index (χ3n) is 4.96. The summed E-state index contributed by atoms with van der Waals surface area (Å²) < 4.78 is 7.23. The maximum atomic E-state index is 13.2. The largest absolute Gasteiger partial charge is 0.506 e. The van der Waals surface area contributed by atoms with Gasteiger partial charge in [-0.15, -0.1) is 0 Å². The lowest BCUT2D eigenvalue weighted by Gasteiger charge is -2.10. The molecule has 3 aromatic carbocycles. The number of carbonyl (C=O) groups excluding carboxylic acids is 1. The third-order valence-corrected chi connectivity index (χ3v) is 4.96. The second-order valence-electron chi connectivity index (χ2n) is 7.25. The van der Waals surface area contributed by atoms with Gasteiger partial charge in [-0.2, -0.15) is 5.10 Å². The molecule has 6 heteroatoms. The zero-order valence-electron chi connectivity index (χ0n) is 17.4. The number of nitrogens with zero attached hydrogens (tertiary/aromatic N) is 2. The molecule has 4 rings (SSSR count). The number of ether oxygens (including phenoxy) is 1. The standard InChI is InChI=1S/C25H23N3O3/c1-17-12-13-21(22(29)14-17)26-25(30)20-16-28(15-18-8-4-3-5-9-18)27-24(20)19-10-6-7-11-23(19)31-2/h3-14,16,29H,15H2,1-2H3,(H,26,30). The second-order valence-corrected chi connectivity index (χ2v) is 7.25. The van der Waals surface area contributed by atoms with Crippen LogP contribution in [0.15, 0.2) is 79.0 Å². The van der Waals surface area contributed by atoms with E-state index in [2.05, 4.69) is 5.32 Å². The molecular formula is C25H23N3O3. The number of carbonyl (C=O) groups is 1. The molecule has 156 valence electrons. The number of amides is 1. The topological polar surface area (TPSA) is 76.4 Å². The van der Waals surface area contributed by atoms with Gasteiger partial charge in [0, 0.05) is 11.8 Å². The van der Waals surface area contributed by atoms with Crippen molar-refractivity contribution in [3.63, 3.8) is 0 Å². The first-order valence-electron chi connectivity index (χ1n) is 9.91. The Morgan fingerprint density at radius 1 is 1.06 bits per heavy atom. The van der Waals surface area contributed by atoms with Crippen molar-refractivity contribution < 1.29 is 14.6 Å². The van der Waals surface area contributed by atoms with E-state index in [1.807, 2.05) is 67.6 Å². The highest BCUT2D eigenvalue weighted by Crippen LogP contribution is 2.32. The summed E-state index contributed by atoms with van der Waals surface area (Å²) in [6, 6.07) is 22.5. The number of benzene rings is 3. The Hall–Kier alpha value is -4.06. The molecule has 0 unspecified atom stereocenters. The number of anilines is 1. The van der Waals surface area contributed by atoms with Crippen molar-refractivity contribution in [3.8, 4) is 22.8 Å². The number of aromatic nitrogens is 2. The normalized spacial score (nSPS) is 10.6. The number of hydrogen-bond donors (Lipinski definition) is 2. The predicted molar refractivity (Wildman–Crippen MR) is 121 cm³/mol. The van der Waals surface area contributed by atoms with Crippen molar-refractivity contribution >= 4 is 11.6 Å². The Morgan fingerprint density at radius 3 is 2.55 bits per heavy atom. The van der Waals surface area contributed by atoms with Crippen LogP contribution >= 0.6 is 0 Å². The molecule has 31 heavy (non-hydrogen) atoms. The van der Waals surface area contributed by atoms with E-state index in [9.17, 15) is 9.90 Å². The maximum absolute atomic E-state index is 13.2. The molecule has 2 N–H and O–H groups in total. The summed E-state index contributed by atoms with van der Waals surface area (Å²) >= 11 is 0. The summed E-state index contributed by atoms with van der Waals surface area (Å²) in [5.41, 5.74) is 3.94. The van der Waals surface area contributed by atoms with E-state index in [1.165, 1.54) is 0 Å². The summed E-state index contributed by atoms with van der Waals surface area (Å²) in [5, 5.41) is 17.7. The Kier molecular flexibility index (Phi) is 5.71. The first kappa shape index (κ1) is 20.2. The number of phenols is 1. The van der Waals surface area contributed by atoms with Crippen LogP contribution in [0.3, 0.4) is 0 Å². The van der Waals surface area contributed by atoms with E-state index in [-0.39, 0.29) is 11.7 Å². The van der Waals surface area contributed by atoms with Crippen LogP contribution < -0.4 is 10.1 Å². The molecule has 0 radical (unpaired) electrons. The highest BCUT2D eigenvalue weighted by Gasteiger charge is 2.21. The molecule has 0 saturated heterocycles. The van der Waals surface area contributed by atoms with Gasteiger partial charge in [0.05, 0.1) is 24.9 Å². The van der Waals surface area contributed by atoms with E-state index in [1.54, 1.807) is 30.1 Å². The molecule has 4 aromatic rings. The lowest BCUT2D eigenvalue weighted by Crippen LogP contribution is -2.12. The molecule has 0 aliphatic carbocycles. The highest BCUT2D eigenvalue weighted by molar-refractivity contribution is 6.09. The SMILES string of the molecule is COc1ccccc1-c1nn(Cc2ccccc2)cc1C(=O)Nc1ccc(C)cc1O. The first-order valence-corrected chi connectivity index (χ1v) is 9.91. The molecule has 0 fully saturated rings. The molecule has 0 spiro atoms. The van der Waals surface area contributed by atoms with E-state index in [4.69, 9.17) is 9.84 Å². The van der Waals surface area contributed by atoms with Crippen LogP contribution in [-0.4, -0.2) is 27.9 Å². The van der Waals surface area contributed by atoms with Crippen molar-refractivity contribution in [3.05, 3.63) is 95.7 Å². The van der Waals surface area contributed by atoms with E-state index in [0.717, 1.165) is 16.7 Å². The Bertz CT molecular complexity index is 1220. The van der Waals surface area contributed by atoms with Gasteiger partial charge in [-0.3, -0.25) is 9.48 Å². The number of aromatic hydroxyl groups is 1. The number of phenolic OH excluding ortho intramolecular Hbond substituents is 1. The molecule has 6 nitrogen and oxygen atoms in total. The van der Waals surface area contributed by atoms with Crippen LogP contribution in [0.2, 0.25) is 0 Å². The molecule has 1 heterocycles. The summed E-state index contributed by atoms with van der Waals surface area (Å²) in [5.74, 6) is 0.280. The summed E-state index contributed by atoms with van der Waals surface area (Å²) in [6.07, 6.45) is 1.72. The number of hydrogen-bond acceptors (Lipinski definition) is 4. The van der Waals surface area contributed by atoms with Crippen LogP contribution in [0.5, 0.6) is 11.5 Å². The Balaban J connectivity index is 1.74. The van der Waals surface area contributed by atoms with Gasteiger partial charge in [-0.05, 0) is 42.3 Å². The average Bonchev–Trinajstić information content (AvgIpc) is 3.20. The first-order chi connectivity index (χ1) is 15.0.